The van der Waals surface area contributed by atoms with E-state index in [4.69, 9.17) is 30.8 Å². The average molecular weight is 493 g/mol. The summed E-state index contributed by atoms with van der Waals surface area (Å²) in [4.78, 5) is 19.1. The van der Waals surface area contributed by atoms with Gasteiger partial charge in [0.05, 0.1) is 30.1 Å². The topological polar surface area (TPSA) is 60.9 Å². The molecule has 0 N–H and O–H groups in total. The first-order valence-corrected chi connectivity index (χ1v) is 11.9. The van der Waals surface area contributed by atoms with E-state index in [0.29, 0.717) is 35.4 Å². The lowest BCUT2D eigenvalue weighted by atomic mass is 10.1. The largest absolute Gasteiger partial charge is 0.497 e. The van der Waals surface area contributed by atoms with Crippen LogP contribution in [0.1, 0.15) is 0 Å². The lowest BCUT2D eigenvalue weighted by Crippen LogP contribution is -2.41. The molecule has 0 bridgehead atoms. The second kappa shape index (κ2) is 9.75. The fraction of sp³-hybridized carbons (Fsp3) is 0.154. The van der Waals surface area contributed by atoms with Crippen molar-refractivity contribution in [3.63, 3.8) is 0 Å². The minimum absolute atomic E-state index is 0.00222. The molecule has 172 valence electrons. The first kappa shape index (κ1) is 22.3. The average Bonchev–Trinajstić information content (AvgIpc) is 3.36. The zero-order valence-corrected chi connectivity index (χ0v) is 19.9. The van der Waals surface area contributed by atoms with Crippen molar-refractivity contribution in [2.75, 3.05) is 31.8 Å². The van der Waals surface area contributed by atoms with Gasteiger partial charge < -0.3 is 19.1 Å². The van der Waals surface area contributed by atoms with Gasteiger partial charge in [0.1, 0.15) is 28.9 Å². The molecular formula is C26H21ClN2O4S. The van der Waals surface area contributed by atoms with Crippen LogP contribution >= 0.6 is 22.9 Å². The number of fused-ring (bicyclic) bond motifs is 1. The highest BCUT2D eigenvalue weighted by molar-refractivity contribution is 7.13. The molecule has 0 saturated carbocycles. The second-order valence-electron chi connectivity index (χ2n) is 7.56. The number of benzene rings is 3. The molecule has 0 saturated heterocycles. The van der Waals surface area contributed by atoms with Crippen LogP contribution in [0.25, 0.3) is 21.8 Å². The smallest absolute Gasteiger partial charge is 0.265 e. The number of thiazole rings is 1. The number of ether oxygens (including phenoxy) is 3. The van der Waals surface area contributed by atoms with E-state index in [9.17, 15) is 4.79 Å². The number of aromatic nitrogens is 1. The Bertz CT molecular complexity index is 1320. The van der Waals surface area contributed by atoms with E-state index in [1.54, 1.807) is 12.0 Å². The third-order valence-corrected chi connectivity index (χ3v) is 6.65. The van der Waals surface area contributed by atoms with Crippen molar-refractivity contribution in [2.24, 2.45) is 0 Å². The zero-order chi connectivity index (χ0) is 23.5. The summed E-state index contributed by atoms with van der Waals surface area (Å²) in [5.41, 5.74) is 3.32. The molecule has 34 heavy (non-hydrogen) atoms. The molecule has 2 heterocycles. The normalized spacial score (nSPS) is 12.8. The number of nitrogens with zero attached hydrogens (tertiary/aromatic N) is 2. The van der Waals surface area contributed by atoms with Crippen molar-refractivity contribution >= 4 is 34.5 Å². The van der Waals surface area contributed by atoms with Crippen molar-refractivity contribution in [2.45, 2.75) is 0 Å². The van der Waals surface area contributed by atoms with Gasteiger partial charge in [-0.25, -0.2) is 4.98 Å². The van der Waals surface area contributed by atoms with E-state index in [2.05, 4.69) is 0 Å². The summed E-state index contributed by atoms with van der Waals surface area (Å²) in [6, 6.07) is 20.8. The quantitative estimate of drug-likeness (QED) is 0.319. The number of halogens is 1. The Hall–Kier alpha value is -3.55. The van der Waals surface area contributed by atoms with E-state index in [-0.39, 0.29) is 12.5 Å². The highest BCUT2D eigenvalue weighted by Crippen LogP contribution is 2.38. The van der Waals surface area contributed by atoms with Crippen LogP contribution in [-0.4, -0.2) is 37.8 Å². The van der Waals surface area contributed by atoms with Gasteiger partial charge in [0.2, 0.25) is 0 Å². The van der Waals surface area contributed by atoms with Crippen molar-refractivity contribution in [3.8, 4) is 39.1 Å². The van der Waals surface area contributed by atoms with Gasteiger partial charge in [-0.15, -0.1) is 11.3 Å². The molecule has 5 rings (SSSR count). The van der Waals surface area contributed by atoms with Crippen LogP contribution in [0.15, 0.2) is 72.1 Å². The molecular weight excluding hydrogens is 472 g/mol. The molecule has 0 atom stereocenters. The molecule has 1 aliphatic heterocycles. The summed E-state index contributed by atoms with van der Waals surface area (Å²) in [5.74, 6) is 2.02. The highest BCUT2D eigenvalue weighted by atomic mass is 35.5. The highest BCUT2D eigenvalue weighted by Gasteiger charge is 2.26. The summed E-state index contributed by atoms with van der Waals surface area (Å²) in [5, 5.41) is 3.49. The number of amides is 1. The van der Waals surface area contributed by atoms with Crippen LogP contribution in [0, 0.1) is 0 Å². The van der Waals surface area contributed by atoms with Gasteiger partial charge in [0.15, 0.2) is 6.61 Å². The van der Waals surface area contributed by atoms with Crippen LogP contribution in [0.2, 0.25) is 5.02 Å². The van der Waals surface area contributed by atoms with E-state index in [1.807, 2.05) is 72.1 Å². The molecule has 1 aromatic heterocycles. The molecule has 6 nitrogen and oxygen atoms in total. The van der Waals surface area contributed by atoms with Gasteiger partial charge in [-0.3, -0.25) is 4.79 Å². The number of carbonyl (C=O) groups is 1. The Balaban J connectivity index is 1.35. The van der Waals surface area contributed by atoms with Crippen LogP contribution in [0.5, 0.6) is 17.2 Å². The van der Waals surface area contributed by atoms with E-state index in [1.165, 1.54) is 11.3 Å². The molecule has 0 unspecified atom stereocenters. The molecule has 0 radical (unpaired) electrons. The summed E-state index contributed by atoms with van der Waals surface area (Å²) in [6.07, 6.45) is 0. The Morgan fingerprint density at radius 2 is 1.88 bits per heavy atom. The third kappa shape index (κ3) is 4.58. The molecule has 0 fully saturated rings. The Morgan fingerprint density at radius 3 is 2.68 bits per heavy atom. The monoisotopic (exact) mass is 492 g/mol. The minimum Gasteiger partial charge on any atom is -0.497 e. The standard InChI is InChI=1S/C26H21ClN2O4S/c1-31-18-7-9-19(10-8-18)32-13-12-29-23-14-17(6-11-24(23)33-15-25(29)30)22-16-34-26(28-22)20-4-2-3-5-21(20)27/h2-11,14,16H,12-13,15H2,1H3. The maximum atomic E-state index is 12.7. The van der Waals surface area contributed by atoms with Crippen molar-refractivity contribution in [3.05, 3.63) is 77.1 Å². The minimum atomic E-state index is -0.113. The molecule has 1 aliphatic rings. The van der Waals surface area contributed by atoms with Crippen molar-refractivity contribution in [1.82, 2.24) is 4.98 Å². The molecule has 0 spiro atoms. The molecule has 3 aromatic carbocycles. The van der Waals surface area contributed by atoms with Crippen LogP contribution in [0.4, 0.5) is 5.69 Å². The predicted molar refractivity (Wildman–Crippen MR) is 134 cm³/mol. The Kier molecular flexibility index (Phi) is 6.38. The Labute approximate surface area is 206 Å². The van der Waals surface area contributed by atoms with Gasteiger partial charge in [-0.2, -0.15) is 0 Å². The van der Waals surface area contributed by atoms with Crippen molar-refractivity contribution in [1.29, 1.82) is 0 Å². The maximum absolute atomic E-state index is 12.7. The summed E-state index contributed by atoms with van der Waals surface area (Å²) in [7, 11) is 1.62. The number of rotatable bonds is 7. The fourth-order valence-corrected chi connectivity index (χ4v) is 4.85. The number of hydrogen-bond donors (Lipinski definition) is 0. The molecule has 0 aliphatic carbocycles. The van der Waals surface area contributed by atoms with Crippen LogP contribution < -0.4 is 19.1 Å². The van der Waals surface area contributed by atoms with Crippen LogP contribution in [0.3, 0.4) is 0 Å². The first-order chi connectivity index (χ1) is 16.6. The number of methoxy groups -OCH3 is 1. The molecule has 8 heteroatoms. The molecule has 1 amide bonds. The van der Waals surface area contributed by atoms with E-state index < -0.39 is 0 Å². The Morgan fingerprint density at radius 1 is 1.09 bits per heavy atom. The zero-order valence-electron chi connectivity index (χ0n) is 18.4. The second-order valence-corrected chi connectivity index (χ2v) is 8.82. The van der Waals surface area contributed by atoms with Gasteiger partial charge in [-0.05, 0) is 48.5 Å². The van der Waals surface area contributed by atoms with Gasteiger partial charge in [0.25, 0.3) is 5.91 Å². The van der Waals surface area contributed by atoms with E-state index in [0.717, 1.165) is 27.6 Å². The fourth-order valence-electron chi connectivity index (χ4n) is 3.70. The summed E-state index contributed by atoms with van der Waals surface area (Å²) in [6.45, 7) is 0.740. The van der Waals surface area contributed by atoms with Gasteiger partial charge in [-0.1, -0.05) is 29.8 Å². The van der Waals surface area contributed by atoms with E-state index >= 15 is 0 Å². The maximum Gasteiger partial charge on any atom is 0.265 e. The number of carbonyl (C=O) groups excluding carboxylic acids is 1. The predicted octanol–water partition coefficient (Wildman–Crippen LogP) is 5.94. The lowest BCUT2D eigenvalue weighted by Gasteiger charge is -2.29. The van der Waals surface area contributed by atoms with Crippen molar-refractivity contribution < 1.29 is 19.0 Å². The number of hydrogen-bond acceptors (Lipinski definition) is 6. The molecule has 4 aromatic rings. The first-order valence-electron chi connectivity index (χ1n) is 10.7. The lowest BCUT2D eigenvalue weighted by molar-refractivity contribution is -0.121. The summed E-state index contributed by atoms with van der Waals surface area (Å²) < 4.78 is 16.7. The van der Waals surface area contributed by atoms with Crippen LogP contribution in [-0.2, 0) is 4.79 Å². The summed E-state index contributed by atoms with van der Waals surface area (Å²) >= 11 is 7.87. The van der Waals surface area contributed by atoms with Gasteiger partial charge >= 0.3 is 0 Å². The third-order valence-electron chi connectivity index (χ3n) is 5.45. The number of anilines is 1. The SMILES string of the molecule is COc1ccc(OCCN2C(=O)COc3ccc(-c4csc(-c5ccccc5Cl)n4)cc32)cc1. The van der Waals surface area contributed by atoms with Gasteiger partial charge in [0, 0.05) is 16.5 Å².